The molecule has 2 aromatic heterocycles. The Hall–Kier alpha value is -1.58. The van der Waals surface area contributed by atoms with Crippen LogP contribution in [-0.4, -0.2) is 67.6 Å². The Morgan fingerprint density at radius 1 is 1.03 bits per heavy atom. The monoisotopic (exact) mass is 536 g/mol. The molecule has 0 radical (unpaired) electrons. The van der Waals surface area contributed by atoms with Crippen LogP contribution in [0.2, 0.25) is 22.2 Å². The average Bonchev–Trinajstić information content (AvgIpc) is 3.33. The molecule has 1 unspecified atom stereocenters. The van der Waals surface area contributed by atoms with E-state index < -0.39 is 29.3 Å². The normalized spacial score (nSPS) is 28.2. The summed E-state index contributed by atoms with van der Waals surface area (Å²) < 4.78 is 23.2. The van der Waals surface area contributed by atoms with E-state index in [0.29, 0.717) is 30.0 Å². The van der Waals surface area contributed by atoms with Gasteiger partial charge in [-0.15, -0.1) is 0 Å². The van der Waals surface area contributed by atoms with Gasteiger partial charge in [-0.2, -0.15) is 9.97 Å². The minimum Gasteiger partial charge on any atom is -0.414 e. The quantitative estimate of drug-likeness (QED) is 0.462. The van der Waals surface area contributed by atoms with Crippen molar-refractivity contribution in [2.75, 3.05) is 24.7 Å². The lowest BCUT2D eigenvalue weighted by molar-refractivity contribution is -0.0241. The molecule has 1 aliphatic carbocycles. The maximum absolute atomic E-state index is 11.7. The van der Waals surface area contributed by atoms with Gasteiger partial charge in [-0.3, -0.25) is 0 Å². The Morgan fingerprint density at radius 2 is 1.64 bits per heavy atom. The van der Waals surface area contributed by atoms with Crippen LogP contribution in [0.3, 0.4) is 0 Å². The van der Waals surface area contributed by atoms with E-state index >= 15 is 0 Å². The van der Waals surface area contributed by atoms with E-state index in [9.17, 15) is 5.11 Å². The van der Waals surface area contributed by atoms with E-state index in [0.717, 1.165) is 0 Å². The molecule has 0 aromatic carbocycles. The number of aromatic nitrogens is 4. The van der Waals surface area contributed by atoms with Crippen molar-refractivity contribution in [2.24, 2.45) is 5.92 Å². The molecule has 1 aliphatic heterocycles. The number of fused-ring (bicyclic) bond motifs is 2. The Balaban J connectivity index is 1.78. The van der Waals surface area contributed by atoms with Gasteiger partial charge in [0, 0.05) is 19.6 Å². The summed E-state index contributed by atoms with van der Waals surface area (Å²) in [6.45, 7) is 18.2. The molecule has 4 rings (SSSR count). The van der Waals surface area contributed by atoms with Gasteiger partial charge in [0.15, 0.2) is 17.0 Å². The number of hydrogen-bond donors (Lipinski definition) is 3. The Labute approximate surface area is 216 Å². The van der Waals surface area contributed by atoms with Crippen LogP contribution >= 0.6 is 0 Å². The Bertz CT molecular complexity index is 1060. The minimum atomic E-state index is -2.80. The van der Waals surface area contributed by atoms with Crippen LogP contribution < -0.4 is 11.1 Å². The van der Waals surface area contributed by atoms with Crippen LogP contribution in [0.4, 0.5) is 11.8 Å². The van der Waals surface area contributed by atoms with E-state index in [1.807, 2.05) is 4.57 Å². The molecule has 202 valence electrons. The maximum atomic E-state index is 11.7. The fourth-order valence-corrected chi connectivity index (χ4v) is 17.5. The molecule has 12 heteroatoms. The molecule has 2 aliphatic rings. The summed E-state index contributed by atoms with van der Waals surface area (Å²) in [7, 11) is -3.65. The highest BCUT2D eigenvalue weighted by Crippen LogP contribution is 2.50. The van der Waals surface area contributed by atoms with Gasteiger partial charge in [-0.05, 0) is 28.6 Å². The largest absolute Gasteiger partial charge is 0.414 e. The lowest BCUT2D eigenvalue weighted by atomic mass is 10.1. The first-order valence-electron chi connectivity index (χ1n) is 13.3. The van der Waals surface area contributed by atoms with E-state index in [-0.39, 0.29) is 40.1 Å². The van der Waals surface area contributed by atoms with Gasteiger partial charge in [-0.25, -0.2) is 4.98 Å². The number of nitrogen functional groups attached to an aromatic ring is 1. The highest BCUT2D eigenvalue weighted by Gasteiger charge is 2.61. The highest BCUT2D eigenvalue weighted by atomic mass is 28.5. The maximum Gasteiger partial charge on any atom is 0.335 e. The average molecular weight is 537 g/mol. The smallest absolute Gasteiger partial charge is 0.335 e. The van der Waals surface area contributed by atoms with Gasteiger partial charge in [0.2, 0.25) is 5.95 Å². The van der Waals surface area contributed by atoms with E-state index in [2.05, 4.69) is 75.7 Å². The summed E-state index contributed by atoms with van der Waals surface area (Å²) in [5.74, 6) is 0.761. The topological polar surface area (TPSA) is 130 Å². The summed E-state index contributed by atoms with van der Waals surface area (Å²) in [6.07, 6.45) is 1.27. The molecule has 1 saturated carbocycles. The van der Waals surface area contributed by atoms with Crippen LogP contribution in [0.5, 0.6) is 0 Å². The van der Waals surface area contributed by atoms with E-state index in [4.69, 9.17) is 18.7 Å². The second kappa shape index (κ2) is 9.95. The third-order valence-corrected chi connectivity index (χ3v) is 18.4. The summed E-state index contributed by atoms with van der Waals surface area (Å²) in [6, 6.07) is -0.272. The fraction of sp³-hybridized carbons (Fsp3) is 0.792. The molecule has 0 bridgehead atoms. The zero-order valence-electron chi connectivity index (χ0n) is 23.1. The van der Waals surface area contributed by atoms with Crippen LogP contribution in [0.15, 0.2) is 6.33 Å². The molecule has 36 heavy (non-hydrogen) atoms. The van der Waals surface area contributed by atoms with Crippen molar-refractivity contribution in [3.8, 4) is 0 Å². The Kier molecular flexibility index (Phi) is 7.59. The minimum absolute atomic E-state index is 0.0306. The predicted octanol–water partition coefficient (Wildman–Crippen LogP) is 4.33. The fourth-order valence-electron chi connectivity index (χ4n) is 6.20. The van der Waals surface area contributed by atoms with Gasteiger partial charge < -0.3 is 33.7 Å². The number of hydrogen-bond acceptors (Lipinski definition) is 9. The van der Waals surface area contributed by atoms with Crippen molar-refractivity contribution in [2.45, 2.75) is 102 Å². The van der Waals surface area contributed by atoms with Crippen molar-refractivity contribution in [3.63, 3.8) is 0 Å². The van der Waals surface area contributed by atoms with Crippen LogP contribution in [0, 0.1) is 5.92 Å². The van der Waals surface area contributed by atoms with Gasteiger partial charge in [-0.1, -0.05) is 55.4 Å². The SMILES string of the molecule is CNc1nc(N)nc2c1ncn2[C@@H]1CC2CO[Si](C(C)C)(C(C)C)O[Si](C(C)C)(C(C)C)O[C@H]2[C@H]1O. The molecular formula is C24H44N6O4Si2. The van der Waals surface area contributed by atoms with Gasteiger partial charge in [0.05, 0.1) is 18.5 Å². The highest BCUT2D eigenvalue weighted by molar-refractivity contribution is 6.83. The first-order valence-corrected chi connectivity index (χ1v) is 17.2. The molecule has 10 nitrogen and oxygen atoms in total. The van der Waals surface area contributed by atoms with Gasteiger partial charge in [0.25, 0.3) is 0 Å². The number of anilines is 2. The summed E-state index contributed by atoms with van der Waals surface area (Å²) in [5.41, 5.74) is 8.19. The number of nitrogens with one attached hydrogen (secondary N) is 1. The molecule has 2 aromatic rings. The standard InChI is InChI=1S/C24H44N6O4Si2/c1-13(2)35(14(3)4)32-11-17-10-18(20(31)21(17)33-36(34-35,15(5)6)16(7)8)30-12-27-19-22(26-9)28-24(25)29-23(19)30/h12-18,20-21,31H,10-11H2,1-9H3,(H3,25,26,28,29)/t17?,18-,20+,21-/m1/s1. The molecule has 4 N–H and O–H groups in total. The second-order valence-corrected chi connectivity index (χ2v) is 20.5. The van der Waals surface area contributed by atoms with Crippen LogP contribution in [0.1, 0.15) is 67.9 Å². The Morgan fingerprint density at radius 3 is 2.19 bits per heavy atom. The van der Waals surface area contributed by atoms with Crippen molar-refractivity contribution in [3.05, 3.63) is 6.33 Å². The molecule has 3 heterocycles. The summed E-state index contributed by atoms with van der Waals surface area (Å²) in [4.78, 5) is 13.3. The van der Waals surface area contributed by atoms with E-state index in [1.165, 1.54) is 0 Å². The number of aliphatic hydroxyl groups is 1. The molecule has 0 amide bonds. The zero-order chi connectivity index (χ0) is 26.6. The molecule has 4 atom stereocenters. The number of imidazole rings is 1. The van der Waals surface area contributed by atoms with Gasteiger partial charge >= 0.3 is 17.1 Å². The number of aliphatic hydroxyl groups excluding tert-OH is 1. The van der Waals surface area contributed by atoms with Crippen molar-refractivity contribution >= 4 is 40.1 Å². The summed E-state index contributed by atoms with van der Waals surface area (Å²) >= 11 is 0. The molecule has 0 spiro atoms. The van der Waals surface area contributed by atoms with Crippen molar-refractivity contribution < 1.29 is 18.1 Å². The third-order valence-electron chi connectivity index (χ3n) is 8.15. The molecule has 1 saturated heterocycles. The van der Waals surface area contributed by atoms with Crippen LogP contribution in [-0.2, 0) is 13.0 Å². The first-order chi connectivity index (χ1) is 16.9. The predicted molar refractivity (Wildman–Crippen MR) is 146 cm³/mol. The number of rotatable bonds is 6. The summed E-state index contributed by atoms with van der Waals surface area (Å²) in [5, 5.41) is 14.8. The van der Waals surface area contributed by atoms with Crippen LogP contribution in [0.25, 0.3) is 11.2 Å². The van der Waals surface area contributed by atoms with E-state index in [1.54, 1.807) is 13.4 Å². The number of nitrogens with two attached hydrogens (primary N) is 1. The zero-order valence-corrected chi connectivity index (χ0v) is 25.1. The van der Waals surface area contributed by atoms with Crippen molar-refractivity contribution in [1.82, 2.24) is 19.5 Å². The third kappa shape index (κ3) is 4.29. The molecule has 2 fully saturated rings. The van der Waals surface area contributed by atoms with Gasteiger partial charge in [0.1, 0.15) is 6.10 Å². The van der Waals surface area contributed by atoms with Crippen molar-refractivity contribution in [1.29, 1.82) is 0 Å². The second-order valence-electron chi connectivity index (χ2n) is 11.6. The lowest BCUT2D eigenvalue weighted by Crippen LogP contribution is -2.65. The first kappa shape index (κ1) is 27.5. The lowest BCUT2D eigenvalue weighted by Gasteiger charge is -2.51. The number of nitrogens with zero attached hydrogens (tertiary/aromatic N) is 4. The molecular weight excluding hydrogens is 492 g/mol.